The highest BCUT2D eigenvalue weighted by molar-refractivity contribution is 5.90. The van der Waals surface area contributed by atoms with E-state index >= 15 is 0 Å². The quantitative estimate of drug-likeness (QED) is 0.614. The van der Waals surface area contributed by atoms with E-state index < -0.39 is 0 Å². The molecule has 84 valence electrons. The van der Waals surface area contributed by atoms with Gasteiger partial charge in [0.15, 0.2) is 0 Å². The second-order valence-corrected chi connectivity index (χ2v) is 3.73. The fourth-order valence-corrected chi connectivity index (χ4v) is 1.90. The van der Waals surface area contributed by atoms with Crippen molar-refractivity contribution >= 4 is 16.6 Å². The van der Waals surface area contributed by atoms with Crippen LogP contribution in [0.5, 0.6) is 0 Å². The van der Waals surface area contributed by atoms with Crippen LogP contribution in [0.1, 0.15) is 0 Å². The summed E-state index contributed by atoms with van der Waals surface area (Å²) < 4.78 is 1.68. The highest BCUT2D eigenvalue weighted by atomic mass is 16.1. The molecule has 2 heterocycles. The van der Waals surface area contributed by atoms with Crippen molar-refractivity contribution in [2.45, 2.75) is 0 Å². The molecular weight excluding hydrogens is 216 g/mol. The molecule has 0 aliphatic rings. The van der Waals surface area contributed by atoms with Crippen LogP contribution in [-0.4, -0.2) is 14.8 Å². The van der Waals surface area contributed by atoms with Crippen LogP contribution in [0, 0.1) is 0 Å². The molecule has 0 aliphatic carbocycles. The van der Waals surface area contributed by atoms with Crippen molar-refractivity contribution in [1.82, 2.24) is 14.8 Å². The van der Waals surface area contributed by atoms with Gasteiger partial charge < -0.3 is 5.73 Å². The predicted octanol–water partition coefficient (Wildman–Crippen LogP) is 1.30. The van der Waals surface area contributed by atoms with Crippen molar-refractivity contribution in [3.63, 3.8) is 0 Å². The van der Waals surface area contributed by atoms with Crippen LogP contribution in [0.15, 0.2) is 47.5 Å². The monoisotopic (exact) mass is 226 g/mol. The van der Waals surface area contributed by atoms with Gasteiger partial charge in [-0.15, -0.1) is 0 Å². The number of rotatable bonds is 1. The Labute approximate surface area is 96.5 Å². The Bertz CT molecular complexity index is 727. The molecule has 0 saturated carbocycles. The number of nitrogens with two attached hydrogens (primary N) is 1. The van der Waals surface area contributed by atoms with Gasteiger partial charge >= 0.3 is 0 Å². The number of pyridine rings is 1. The minimum Gasteiger partial charge on any atom is -0.398 e. The van der Waals surface area contributed by atoms with Crippen LogP contribution < -0.4 is 11.3 Å². The van der Waals surface area contributed by atoms with Gasteiger partial charge in [0.05, 0.1) is 22.8 Å². The third-order valence-electron chi connectivity index (χ3n) is 2.66. The maximum Gasteiger partial charge on any atom is 0.274 e. The number of nitrogens with one attached hydrogen (secondary N) is 1. The Kier molecular flexibility index (Phi) is 1.98. The van der Waals surface area contributed by atoms with E-state index in [-0.39, 0.29) is 5.56 Å². The first kappa shape index (κ1) is 9.65. The summed E-state index contributed by atoms with van der Waals surface area (Å²) in [6.07, 6.45) is 3.36. The van der Waals surface area contributed by atoms with Crippen molar-refractivity contribution in [3.05, 3.63) is 53.1 Å². The van der Waals surface area contributed by atoms with E-state index in [1.54, 1.807) is 23.1 Å². The number of nitrogen functional groups attached to an aromatic ring is 1. The standard InChI is InChI=1S/C12H10N4O/c13-9-4-1-5-10-11(9)12(17)15-16(10)8-3-2-6-14-7-8/h1-7H,13H2,(H,15,17). The predicted molar refractivity (Wildman–Crippen MR) is 66.1 cm³/mol. The van der Waals surface area contributed by atoms with Crippen LogP contribution >= 0.6 is 0 Å². The summed E-state index contributed by atoms with van der Waals surface area (Å²) in [5.41, 5.74) is 7.63. The number of aromatic amines is 1. The molecule has 17 heavy (non-hydrogen) atoms. The molecule has 3 aromatic rings. The third-order valence-corrected chi connectivity index (χ3v) is 2.66. The van der Waals surface area contributed by atoms with E-state index in [9.17, 15) is 4.79 Å². The molecule has 0 bridgehead atoms. The van der Waals surface area contributed by atoms with Crippen molar-refractivity contribution in [2.24, 2.45) is 0 Å². The van der Waals surface area contributed by atoms with Crippen molar-refractivity contribution in [2.75, 3.05) is 5.73 Å². The first-order valence-corrected chi connectivity index (χ1v) is 5.17. The summed E-state index contributed by atoms with van der Waals surface area (Å²) in [4.78, 5) is 15.8. The zero-order valence-corrected chi connectivity index (χ0v) is 8.92. The summed E-state index contributed by atoms with van der Waals surface area (Å²) in [6, 6.07) is 9.05. The van der Waals surface area contributed by atoms with Gasteiger partial charge in [-0.05, 0) is 24.3 Å². The van der Waals surface area contributed by atoms with Gasteiger partial charge in [-0.25, -0.2) is 0 Å². The molecule has 0 fully saturated rings. The SMILES string of the molecule is Nc1cccc2c1c(=O)[nH]n2-c1cccnc1. The second kappa shape index (κ2) is 3.48. The fourth-order valence-electron chi connectivity index (χ4n) is 1.90. The van der Waals surface area contributed by atoms with E-state index in [0.29, 0.717) is 11.1 Å². The molecule has 5 nitrogen and oxygen atoms in total. The van der Waals surface area contributed by atoms with Gasteiger partial charge in [0.25, 0.3) is 5.56 Å². The Balaban J connectivity index is 2.40. The number of H-pyrrole nitrogens is 1. The summed E-state index contributed by atoms with van der Waals surface area (Å²) in [5, 5.41) is 3.26. The minimum atomic E-state index is -0.193. The van der Waals surface area contributed by atoms with E-state index in [4.69, 9.17) is 5.73 Å². The summed E-state index contributed by atoms with van der Waals surface area (Å²) in [6.45, 7) is 0. The summed E-state index contributed by atoms with van der Waals surface area (Å²) in [5.74, 6) is 0. The highest BCUT2D eigenvalue weighted by Gasteiger charge is 2.09. The Hall–Kier alpha value is -2.56. The van der Waals surface area contributed by atoms with Crippen LogP contribution in [0.4, 0.5) is 5.69 Å². The third kappa shape index (κ3) is 1.40. The maximum atomic E-state index is 11.8. The number of hydrogen-bond acceptors (Lipinski definition) is 3. The van der Waals surface area contributed by atoms with Crippen LogP contribution in [-0.2, 0) is 0 Å². The number of fused-ring (bicyclic) bond motifs is 1. The van der Waals surface area contributed by atoms with E-state index in [0.717, 1.165) is 11.2 Å². The first-order chi connectivity index (χ1) is 8.27. The number of aromatic nitrogens is 3. The maximum absolute atomic E-state index is 11.8. The lowest BCUT2D eigenvalue weighted by molar-refractivity contribution is 0.885. The Morgan fingerprint density at radius 2 is 2.12 bits per heavy atom. The van der Waals surface area contributed by atoms with Gasteiger partial charge in [0, 0.05) is 11.9 Å². The number of hydrogen-bond donors (Lipinski definition) is 2. The highest BCUT2D eigenvalue weighted by Crippen LogP contribution is 2.19. The number of benzene rings is 1. The van der Waals surface area contributed by atoms with Crippen molar-refractivity contribution < 1.29 is 0 Å². The molecular formula is C12H10N4O. The molecule has 0 unspecified atom stereocenters. The lowest BCUT2D eigenvalue weighted by Crippen LogP contribution is -2.04. The molecule has 0 atom stereocenters. The smallest absolute Gasteiger partial charge is 0.274 e. The van der Waals surface area contributed by atoms with Crippen LogP contribution in [0.2, 0.25) is 0 Å². The van der Waals surface area contributed by atoms with Gasteiger partial charge in [-0.3, -0.25) is 19.6 Å². The van der Waals surface area contributed by atoms with Crippen molar-refractivity contribution in [3.8, 4) is 5.69 Å². The Morgan fingerprint density at radius 1 is 1.24 bits per heavy atom. The van der Waals surface area contributed by atoms with Crippen LogP contribution in [0.3, 0.4) is 0 Å². The van der Waals surface area contributed by atoms with E-state index in [1.807, 2.05) is 24.3 Å². The van der Waals surface area contributed by atoms with Gasteiger partial charge in [-0.2, -0.15) is 0 Å². The topological polar surface area (TPSA) is 76.7 Å². The summed E-state index contributed by atoms with van der Waals surface area (Å²) >= 11 is 0. The molecule has 3 rings (SSSR count). The van der Waals surface area contributed by atoms with Gasteiger partial charge in [0.1, 0.15) is 0 Å². The molecule has 5 heteroatoms. The fraction of sp³-hybridized carbons (Fsp3) is 0. The number of nitrogens with zero attached hydrogens (tertiary/aromatic N) is 2. The Morgan fingerprint density at radius 3 is 2.88 bits per heavy atom. The molecule has 0 amide bonds. The number of anilines is 1. The van der Waals surface area contributed by atoms with Gasteiger partial charge in [0.2, 0.25) is 0 Å². The van der Waals surface area contributed by atoms with E-state index in [1.165, 1.54) is 0 Å². The second-order valence-electron chi connectivity index (χ2n) is 3.73. The zero-order valence-electron chi connectivity index (χ0n) is 8.92. The lowest BCUT2D eigenvalue weighted by Gasteiger charge is -2.03. The van der Waals surface area contributed by atoms with Gasteiger partial charge in [-0.1, -0.05) is 6.07 Å². The molecule has 0 radical (unpaired) electrons. The molecule has 0 saturated heterocycles. The molecule has 0 aliphatic heterocycles. The normalized spacial score (nSPS) is 10.8. The summed E-state index contributed by atoms with van der Waals surface area (Å²) in [7, 11) is 0. The van der Waals surface area contributed by atoms with E-state index in [2.05, 4.69) is 10.1 Å². The average molecular weight is 226 g/mol. The average Bonchev–Trinajstić information content (AvgIpc) is 2.69. The zero-order chi connectivity index (χ0) is 11.8. The van der Waals surface area contributed by atoms with Crippen molar-refractivity contribution in [1.29, 1.82) is 0 Å². The van der Waals surface area contributed by atoms with Crippen LogP contribution in [0.25, 0.3) is 16.6 Å². The largest absolute Gasteiger partial charge is 0.398 e. The molecule has 3 N–H and O–H groups in total. The minimum absolute atomic E-state index is 0.193. The lowest BCUT2D eigenvalue weighted by atomic mass is 10.2. The molecule has 1 aromatic carbocycles. The first-order valence-electron chi connectivity index (χ1n) is 5.17. The molecule has 0 spiro atoms. The molecule has 2 aromatic heterocycles.